The maximum Gasteiger partial charge on any atom is 0.226 e. The molecule has 0 fully saturated rings. The molecule has 1 aromatic heterocycles. The van der Waals surface area contributed by atoms with Gasteiger partial charge in [0.15, 0.2) is 5.11 Å². The number of nitrogens with one attached hydrogen (secondary N) is 2. The van der Waals surface area contributed by atoms with Gasteiger partial charge in [0.1, 0.15) is 0 Å². The molecule has 40 heavy (non-hydrogen) atoms. The molecule has 4 aromatic rings. The Balaban J connectivity index is 1.38. The van der Waals surface area contributed by atoms with Gasteiger partial charge in [-0.15, -0.1) is 0 Å². The van der Waals surface area contributed by atoms with Crippen molar-refractivity contribution in [1.29, 1.82) is 5.26 Å². The SMILES string of the molecule is N#Cc1ccc(Cn2cncc2CC(=O)NCCN(Cc2cccc(Cl)c2Cl)C(=S)Nc2ccccc2Br)cc1. The minimum Gasteiger partial charge on any atom is -0.354 e. The highest BCUT2D eigenvalue weighted by molar-refractivity contribution is 9.10. The highest BCUT2D eigenvalue weighted by Crippen LogP contribution is 2.27. The predicted molar refractivity (Wildman–Crippen MR) is 166 cm³/mol. The van der Waals surface area contributed by atoms with E-state index in [1.54, 1.807) is 30.7 Å². The van der Waals surface area contributed by atoms with E-state index in [9.17, 15) is 4.79 Å². The van der Waals surface area contributed by atoms with Gasteiger partial charge >= 0.3 is 0 Å². The number of nitrogens with zero attached hydrogens (tertiary/aromatic N) is 4. The van der Waals surface area contributed by atoms with Crippen LogP contribution in [0.3, 0.4) is 0 Å². The first-order chi connectivity index (χ1) is 19.3. The summed E-state index contributed by atoms with van der Waals surface area (Å²) in [4.78, 5) is 19.0. The molecule has 4 rings (SSSR count). The number of imidazole rings is 1. The van der Waals surface area contributed by atoms with Gasteiger partial charge in [-0.2, -0.15) is 5.26 Å². The Morgan fingerprint density at radius 3 is 2.62 bits per heavy atom. The molecule has 0 aliphatic rings. The van der Waals surface area contributed by atoms with E-state index < -0.39 is 0 Å². The average Bonchev–Trinajstić information content (AvgIpc) is 3.38. The quantitative estimate of drug-likeness (QED) is 0.192. The Morgan fingerprint density at radius 2 is 1.88 bits per heavy atom. The van der Waals surface area contributed by atoms with Crippen molar-refractivity contribution in [3.8, 4) is 6.07 Å². The Morgan fingerprint density at radius 1 is 1.10 bits per heavy atom. The number of carbonyl (C=O) groups is 1. The van der Waals surface area contributed by atoms with Crippen LogP contribution in [-0.4, -0.2) is 38.6 Å². The van der Waals surface area contributed by atoms with Crippen molar-refractivity contribution in [3.05, 3.63) is 116 Å². The molecule has 1 amide bonds. The molecule has 11 heteroatoms. The molecule has 0 atom stereocenters. The van der Waals surface area contributed by atoms with E-state index in [1.807, 2.05) is 58.0 Å². The largest absolute Gasteiger partial charge is 0.354 e. The Bertz CT molecular complexity index is 1540. The zero-order valence-corrected chi connectivity index (χ0v) is 25.2. The highest BCUT2D eigenvalue weighted by Gasteiger charge is 2.16. The summed E-state index contributed by atoms with van der Waals surface area (Å²) in [6, 6.07) is 22.6. The molecule has 0 spiro atoms. The Labute approximate surface area is 256 Å². The van der Waals surface area contributed by atoms with Crippen molar-refractivity contribution < 1.29 is 4.79 Å². The average molecular weight is 656 g/mol. The molecule has 204 valence electrons. The van der Waals surface area contributed by atoms with Crippen molar-refractivity contribution in [1.82, 2.24) is 19.8 Å². The molecule has 0 radical (unpaired) electrons. The Kier molecular flexibility index (Phi) is 10.6. The van der Waals surface area contributed by atoms with E-state index in [2.05, 4.69) is 37.6 Å². The summed E-state index contributed by atoms with van der Waals surface area (Å²) < 4.78 is 2.80. The van der Waals surface area contributed by atoms with Crippen molar-refractivity contribution in [3.63, 3.8) is 0 Å². The van der Waals surface area contributed by atoms with E-state index in [-0.39, 0.29) is 12.3 Å². The van der Waals surface area contributed by atoms with Gasteiger partial charge in [-0.05, 0) is 69.6 Å². The van der Waals surface area contributed by atoms with Crippen LogP contribution in [0.4, 0.5) is 5.69 Å². The highest BCUT2D eigenvalue weighted by atomic mass is 79.9. The number of thiocarbonyl (C=S) groups is 1. The number of hydrogen-bond acceptors (Lipinski definition) is 4. The van der Waals surface area contributed by atoms with Gasteiger partial charge in [-0.25, -0.2) is 4.98 Å². The number of aromatic nitrogens is 2. The third-order valence-electron chi connectivity index (χ3n) is 6.08. The van der Waals surface area contributed by atoms with E-state index in [1.165, 1.54) is 0 Å². The van der Waals surface area contributed by atoms with Crippen LogP contribution in [-0.2, 0) is 24.3 Å². The summed E-state index contributed by atoms with van der Waals surface area (Å²) in [7, 11) is 0. The van der Waals surface area contributed by atoms with Crippen LogP contribution in [0.1, 0.15) is 22.4 Å². The van der Waals surface area contributed by atoms with Crippen LogP contribution in [0.25, 0.3) is 0 Å². The number of benzene rings is 3. The second kappa shape index (κ2) is 14.3. The summed E-state index contributed by atoms with van der Waals surface area (Å²) in [5.41, 5.74) is 4.06. The predicted octanol–water partition coefficient (Wildman–Crippen LogP) is 6.43. The third-order valence-corrected chi connectivity index (χ3v) is 7.99. The topological polar surface area (TPSA) is 86.0 Å². The van der Waals surface area contributed by atoms with Gasteiger partial charge in [-0.3, -0.25) is 4.79 Å². The Hall–Kier alpha value is -3.42. The maximum atomic E-state index is 12.8. The van der Waals surface area contributed by atoms with Gasteiger partial charge in [0, 0.05) is 42.5 Å². The molecule has 0 aliphatic carbocycles. The zero-order chi connectivity index (χ0) is 28.5. The lowest BCUT2D eigenvalue weighted by Gasteiger charge is -2.27. The zero-order valence-electron chi connectivity index (χ0n) is 21.3. The number of carbonyl (C=O) groups excluding carboxylic acids is 1. The van der Waals surface area contributed by atoms with E-state index in [4.69, 9.17) is 40.7 Å². The number of anilines is 1. The molecule has 0 saturated carbocycles. The van der Waals surface area contributed by atoms with E-state index in [0.29, 0.717) is 46.9 Å². The molecule has 3 aromatic carbocycles. The summed E-state index contributed by atoms with van der Waals surface area (Å²) in [6.07, 6.45) is 3.56. The molecule has 1 heterocycles. The molecule has 0 saturated heterocycles. The smallest absolute Gasteiger partial charge is 0.226 e. The molecular formula is C29H25BrCl2N6OS. The summed E-state index contributed by atoms with van der Waals surface area (Å²) >= 11 is 22.0. The van der Waals surface area contributed by atoms with Crippen LogP contribution in [0.15, 0.2) is 83.7 Å². The van der Waals surface area contributed by atoms with Crippen LogP contribution in [0.2, 0.25) is 10.0 Å². The monoisotopic (exact) mass is 654 g/mol. The fourth-order valence-electron chi connectivity index (χ4n) is 3.96. The van der Waals surface area contributed by atoms with Crippen molar-refractivity contribution in [2.24, 2.45) is 0 Å². The molecule has 7 nitrogen and oxygen atoms in total. The van der Waals surface area contributed by atoms with Crippen LogP contribution >= 0.6 is 51.3 Å². The minimum absolute atomic E-state index is 0.132. The summed E-state index contributed by atoms with van der Waals surface area (Å²) in [6.45, 7) is 1.76. The van der Waals surface area contributed by atoms with Gasteiger partial charge in [-0.1, -0.05) is 59.6 Å². The second-order valence-corrected chi connectivity index (χ2v) is 10.9. The van der Waals surface area contributed by atoms with Gasteiger partial charge < -0.3 is 20.1 Å². The number of rotatable bonds is 10. The fraction of sp³-hybridized carbons (Fsp3) is 0.172. The minimum atomic E-state index is -0.132. The van der Waals surface area contributed by atoms with E-state index in [0.717, 1.165) is 27.0 Å². The summed E-state index contributed by atoms with van der Waals surface area (Å²) in [5.74, 6) is -0.132. The summed E-state index contributed by atoms with van der Waals surface area (Å²) in [5, 5.41) is 16.7. The molecule has 0 bridgehead atoms. The lowest BCUT2D eigenvalue weighted by molar-refractivity contribution is -0.120. The molecule has 0 aliphatic heterocycles. The molecule has 0 unspecified atom stereocenters. The normalized spacial score (nSPS) is 10.6. The third kappa shape index (κ3) is 8.05. The number of amides is 1. The van der Waals surface area contributed by atoms with Crippen molar-refractivity contribution in [2.75, 3.05) is 18.4 Å². The van der Waals surface area contributed by atoms with Gasteiger partial charge in [0.05, 0.1) is 40.1 Å². The standard InChI is InChI=1S/C29H25BrCl2N6OS/c30-24-5-1-2-7-26(24)36-29(40)37(18-22-4-3-6-25(31)28(22)32)13-12-35-27(39)14-23-16-34-19-38(23)17-21-10-8-20(15-33)9-11-21/h1-11,16,19H,12-14,17-18H2,(H,35,39)(H,36,40). The molecule has 2 N–H and O–H groups in total. The maximum absolute atomic E-state index is 12.8. The number of hydrogen-bond donors (Lipinski definition) is 2. The van der Waals surface area contributed by atoms with Crippen molar-refractivity contribution in [2.45, 2.75) is 19.5 Å². The first-order valence-electron chi connectivity index (χ1n) is 12.3. The number of halogens is 3. The first kappa shape index (κ1) is 29.6. The lowest BCUT2D eigenvalue weighted by atomic mass is 10.1. The van der Waals surface area contributed by atoms with Crippen molar-refractivity contribution >= 4 is 68.1 Å². The van der Waals surface area contributed by atoms with Gasteiger partial charge in [0.2, 0.25) is 5.91 Å². The van der Waals surface area contributed by atoms with Crippen LogP contribution < -0.4 is 10.6 Å². The van der Waals surface area contributed by atoms with Crippen LogP contribution in [0, 0.1) is 11.3 Å². The molecular weight excluding hydrogens is 631 g/mol. The lowest BCUT2D eigenvalue weighted by Crippen LogP contribution is -2.40. The number of para-hydroxylation sites is 1. The second-order valence-electron chi connectivity index (χ2n) is 8.89. The van der Waals surface area contributed by atoms with E-state index >= 15 is 0 Å². The first-order valence-corrected chi connectivity index (χ1v) is 14.3. The number of nitriles is 1. The van der Waals surface area contributed by atoms with Crippen LogP contribution in [0.5, 0.6) is 0 Å². The fourth-order valence-corrected chi connectivity index (χ4v) is 4.99. The van der Waals surface area contributed by atoms with Gasteiger partial charge in [0.25, 0.3) is 0 Å².